The Kier molecular flexibility index (Phi) is 12.5. The van der Waals surface area contributed by atoms with Crippen LogP contribution in [0.25, 0.3) is 0 Å². The van der Waals surface area contributed by atoms with Crippen LogP contribution < -0.4 is 4.90 Å². The van der Waals surface area contributed by atoms with Crippen molar-refractivity contribution in [1.29, 1.82) is 5.26 Å². The number of carbonyl (C=O) groups excluding carboxylic acids is 1. The summed E-state index contributed by atoms with van der Waals surface area (Å²) in [6.45, 7) is 19.3. The second kappa shape index (κ2) is 15.6. The molecule has 0 spiro atoms. The largest absolute Gasteiger partial charge is 0.348 e. The molecule has 8 nitrogen and oxygen atoms in total. The molecule has 0 radical (unpaired) electrons. The number of nitriles is 1. The van der Waals surface area contributed by atoms with Crippen molar-refractivity contribution < 1.29 is 4.79 Å². The molecule has 2 aromatic heterocycles. The number of anilines is 1. The summed E-state index contributed by atoms with van der Waals surface area (Å²) in [7, 11) is 0. The van der Waals surface area contributed by atoms with Crippen LogP contribution in [0.15, 0.2) is 16.1 Å². The Morgan fingerprint density at radius 3 is 2.17 bits per heavy atom. The summed E-state index contributed by atoms with van der Waals surface area (Å²) in [6, 6.07) is 2.21. The Labute approximate surface area is 257 Å². The van der Waals surface area contributed by atoms with Gasteiger partial charge < -0.3 is 4.90 Å². The molecule has 42 heavy (non-hydrogen) atoms. The maximum absolute atomic E-state index is 13.6. The molecule has 1 unspecified atom stereocenters. The maximum atomic E-state index is 13.6. The fourth-order valence-corrected chi connectivity index (χ4v) is 6.39. The molecule has 3 rings (SSSR count). The zero-order chi connectivity index (χ0) is 30.9. The van der Waals surface area contributed by atoms with E-state index < -0.39 is 5.91 Å². The molecule has 2 aromatic rings. The van der Waals surface area contributed by atoms with Gasteiger partial charge in [0, 0.05) is 30.0 Å². The predicted molar refractivity (Wildman–Crippen MR) is 174 cm³/mol. The van der Waals surface area contributed by atoms with Crippen LogP contribution in [-0.2, 0) is 5.41 Å². The predicted octanol–water partition coefficient (Wildman–Crippen LogP) is 8.91. The van der Waals surface area contributed by atoms with Crippen LogP contribution in [0.1, 0.15) is 154 Å². The lowest BCUT2D eigenvalue weighted by Crippen LogP contribution is -2.29. The van der Waals surface area contributed by atoms with E-state index in [1.807, 2.05) is 0 Å². The van der Waals surface area contributed by atoms with Gasteiger partial charge in [0.2, 0.25) is 0 Å². The van der Waals surface area contributed by atoms with E-state index in [2.05, 4.69) is 66.4 Å². The molecule has 0 amide bonds. The van der Waals surface area contributed by atoms with E-state index in [1.165, 1.54) is 4.68 Å². The highest BCUT2D eigenvalue weighted by atomic mass is 32.1. The second-order valence-corrected chi connectivity index (χ2v) is 13.3. The smallest absolute Gasteiger partial charge is 0.291 e. The first-order valence-corrected chi connectivity index (χ1v) is 17.0. The zero-order valence-corrected chi connectivity index (χ0v) is 28.0. The molecule has 0 aromatic carbocycles. The zero-order valence-electron chi connectivity index (χ0n) is 27.2. The van der Waals surface area contributed by atoms with Gasteiger partial charge in [-0.3, -0.25) is 4.79 Å². The monoisotopic (exact) mass is 593 g/mol. The Bertz CT molecular complexity index is 1300. The molecule has 1 aliphatic rings. The topological polar surface area (TPSA) is 100 Å². The Balaban J connectivity index is 2.26. The van der Waals surface area contributed by atoms with Crippen LogP contribution >= 0.6 is 11.3 Å². The first kappa shape index (κ1) is 33.6. The van der Waals surface area contributed by atoms with Crippen molar-refractivity contribution in [3.8, 4) is 6.07 Å². The normalized spacial score (nSPS) is 15.3. The van der Waals surface area contributed by atoms with Gasteiger partial charge >= 0.3 is 0 Å². The molecule has 0 saturated heterocycles. The molecule has 0 aliphatic carbocycles. The fourth-order valence-electron chi connectivity index (χ4n) is 5.18. The minimum Gasteiger partial charge on any atom is -0.348 e. The van der Waals surface area contributed by atoms with E-state index in [1.54, 1.807) is 11.3 Å². The van der Waals surface area contributed by atoms with Crippen molar-refractivity contribution in [2.45, 2.75) is 137 Å². The van der Waals surface area contributed by atoms with Crippen LogP contribution in [0.3, 0.4) is 0 Å². The minimum absolute atomic E-state index is 0.127. The van der Waals surface area contributed by atoms with Gasteiger partial charge in [-0.05, 0) is 38.5 Å². The molecule has 9 heteroatoms. The first-order valence-electron chi connectivity index (χ1n) is 16.1. The van der Waals surface area contributed by atoms with E-state index in [-0.39, 0.29) is 16.9 Å². The quantitative estimate of drug-likeness (QED) is 0.193. The third-order valence-corrected chi connectivity index (χ3v) is 8.85. The molecule has 0 N–H and O–H groups in total. The summed E-state index contributed by atoms with van der Waals surface area (Å²) in [6.07, 6.45) is 10.9. The summed E-state index contributed by atoms with van der Waals surface area (Å²) >= 11 is 1.61. The van der Waals surface area contributed by atoms with E-state index in [0.29, 0.717) is 29.4 Å². The lowest BCUT2D eigenvalue weighted by atomic mass is 9.92. The lowest BCUT2D eigenvalue weighted by Gasteiger charge is -2.21. The maximum Gasteiger partial charge on any atom is 0.291 e. The number of unbranched alkanes of at least 4 members (excludes halogenated alkanes) is 4. The number of rotatable bonds is 16. The number of aliphatic imine (C=N–C) groups is 1. The van der Waals surface area contributed by atoms with Crippen molar-refractivity contribution >= 4 is 33.1 Å². The van der Waals surface area contributed by atoms with Gasteiger partial charge in [0.15, 0.2) is 16.8 Å². The minimum atomic E-state index is -0.395. The Morgan fingerprint density at radius 1 is 0.976 bits per heavy atom. The van der Waals surface area contributed by atoms with Gasteiger partial charge in [-0.1, -0.05) is 98.8 Å². The summed E-state index contributed by atoms with van der Waals surface area (Å²) in [5, 5.41) is 16.7. The SMILES string of the molecule is CCCCC1=C(C#N)C(=O)n2nc(C(CC)CCCC)nc2C1=Nc1sc(N(CCCC)CCCC)nc1C(C)(C)C. The summed E-state index contributed by atoms with van der Waals surface area (Å²) in [5.74, 6) is 0.890. The van der Waals surface area contributed by atoms with E-state index in [4.69, 9.17) is 20.1 Å². The lowest BCUT2D eigenvalue weighted by molar-refractivity contribution is 0.0940. The van der Waals surface area contributed by atoms with Gasteiger partial charge in [-0.2, -0.15) is 9.94 Å². The number of allylic oxidation sites excluding steroid dienone is 2. The number of aromatic nitrogens is 4. The van der Waals surface area contributed by atoms with Crippen LogP contribution in [0.5, 0.6) is 0 Å². The van der Waals surface area contributed by atoms with Gasteiger partial charge in [-0.25, -0.2) is 15.0 Å². The van der Waals surface area contributed by atoms with Gasteiger partial charge in [-0.15, -0.1) is 5.10 Å². The highest BCUT2D eigenvalue weighted by molar-refractivity contribution is 7.19. The third kappa shape index (κ3) is 7.75. The van der Waals surface area contributed by atoms with Crippen molar-refractivity contribution in [1.82, 2.24) is 19.7 Å². The number of fused-ring (bicyclic) bond motifs is 1. The van der Waals surface area contributed by atoms with Crippen molar-refractivity contribution in [3.63, 3.8) is 0 Å². The van der Waals surface area contributed by atoms with Crippen molar-refractivity contribution in [2.24, 2.45) is 4.99 Å². The highest BCUT2D eigenvalue weighted by Gasteiger charge is 2.36. The molecule has 1 aliphatic heterocycles. The van der Waals surface area contributed by atoms with Gasteiger partial charge in [0.05, 0.1) is 5.69 Å². The molecule has 0 saturated carbocycles. The van der Waals surface area contributed by atoms with E-state index in [0.717, 1.165) is 93.1 Å². The standard InChI is InChI=1S/C33H51N7OS/c1-9-14-18-23(13-5)28-37-29-26(24(19-15-10-2)25(22-34)31(41)40(29)38-28)35-30-27(33(6,7)8)36-32(42-30)39(20-16-11-3)21-17-12-4/h23H,9-21H2,1-8H3. The van der Waals surface area contributed by atoms with Crippen LogP contribution in [0.2, 0.25) is 0 Å². The average Bonchev–Trinajstić information content (AvgIpc) is 3.60. The molecule has 1 atom stereocenters. The molecule has 230 valence electrons. The van der Waals surface area contributed by atoms with Gasteiger partial charge in [0.1, 0.15) is 22.4 Å². The second-order valence-electron chi connectivity index (χ2n) is 12.4. The average molecular weight is 594 g/mol. The number of hydrogen-bond acceptors (Lipinski definition) is 8. The Morgan fingerprint density at radius 2 is 1.62 bits per heavy atom. The van der Waals surface area contributed by atoms with Gasteiger partial charge in [0.25, 0.3) is 5.91 Å². The summed E-state index contributed by atoms with van der Waals surface area (Å²) in [4.78, 5) is 31.4. The third-order valence-electron chi connectivity index (χ3n) is 7.84. The number of thiazole rings is 1. The fraction of sp³-hybridized carbons (Fsp3) is 0.697. The van der Waals surface area contributed by atoms with Crippen molar-refractivity contribution in [2.75, 3.05) is 18.0 Å². The number of carbonyl (C=O) groups is 1. The molecular weight excluding hydrogens is 542 g/mol. The van der Waals surface area contributed by atoms with E-state index >= 15 is 0 Å². The highest BCUT2D eigenvalue weighted by Crippen LogP contribution is 2.41. The summed E-state index contributed by atoms with van der Waals surface area (Å²) in [5.41, 5.74) is 2.10. The van der Waals surface area contributed by atoms with Crippen molar-refractivity contribution in [3.05, 3.63) is 28.5 Å². The molecule has 3 heterocycles. The molecular formula is C33H51N7OS. The number of nitrogens with zero attached hydrogens (tertiary/aromatic N) is 7. The van der Waals surface area contributed by atoms with E-state index in [9.17, 15) is 10.1 Å². The Hall–Kier alpha value is -2.86. The molecule has 0 bridgehead atoms. The van der Waals surface area contributed by atoms with Crippen LogP contribution in [0.4, 0.5) is 10.1 Å². The number of hydrogen-bond donors (Lipinski definition) is 0. The summed E-state index contributed by atoms with van der Waals surface area (Å²) < 4.78 is 1.34. The molecule has 0 fully saturated rings. The van der Waals surface area contributed by atoms with Crippen LogP contribution in [0, 0.1) is 11.3 Å². The van der Waals surface area contributed by atoms with Crippen LogP contribution in [-0.4, -0.2) is 44.5 Å². The first-order chi connectivity index (χ1) is 20.1.